The van der Waals surface area contributed by atoms with Crippen molar-refractivity contribution in [1.29, 1.82) is 0 Å². The van der Waals surface area contributed by atoms with Gasteiger partial charge in [-0.25, -0.2) is 0 Å². The van der Waals surface area contributed by atoms with Crippen LogP contribution in [0.3, 0.4) is 0 Å². The number of benzene rings is 1. The lowest BCUT2D eigenvalue weighted by molar-refractivity contribution is 0.424. The fourth-order valence-electron chi connectivity index (χ4n) is 1.51. The molecule has 1 N–H and O–H groups in total. The van der Waals surface area contributed by atoms with Crippen molar-refractivity contribution in [3.05, 3.63) is 29.3 Å². The number of hydrogen-bond acceptors (Lipinski definition) is 1. The maximum Gasteiger partial charge on any atom is 0.122 e. The SMILES string of the molecule is CCc1c[c]cc(C(C)(C)CC)c1O. The molecule has 0 spiro atoms. The van der Waals surface area contributed by atoms with E-state index in [0.29, 0.717) is 5.75 Å². The molecule has 0 saturated carbocycles. The summed E-state index contributed by atoms with van der Waals surface area (Å²) in [5, 5.41) is 10.0. The second-order valence-corrected chi connectivity index (χ2v) is 4.33. The third-order valence-electron chi connectivity index (χ3n) is 3.04. The Labute approximate surface area is 86.8 Å². The summed E-state index contributed by atoms with van der Waals surface area (Å²) >= 11 is 0. The van der Waals surface area contributed by atoms with Crippen molar-refractivity contribution in [3.8, 4) is 5.75 Å². The zero-order chi connectivity index (χ0) is 10.8. The minimum absolute atomic E-state index is 0.0335. The molecule has 1 radical (unpaired) electrons. The molecular formula is C13H19O. The number of phenolic OH excluding ortho intramolecular Hbond substituents is 1. The van der Waals surface area contributed by atoms with E-state index in [0.717, 1.165) is 24.0 Å². The first-order valence-corrected chi connectivity index (χ1v) is 5.25. The van der Waals surface area contributed by atoms with Crippen molar-refractivity contribution in [2.75, 3.05) is 0 Å². The zero-order valence-corrected chi connectivity index (χ0v) is 9.52. The van der Waals surface area contributed by atoms with E-state index >= 15 is 0 Å². The molecule has 0 aliphatic carbocycles. The number of rotatable bonds is 3. The van der Waals surface area contributed by atoms with Crippen molar-refractivity contribution in [2.24, 2.45) is 0 Å². The normalized spacial score (nSPS) is 11.7. The zero-order valence-electron chi connectivity index (χ0n) is 9.52. The summed E-state index contributed by atoms with van der Waals surface area (Å²) < 4.78 is 0. The Bertz CT molecular complexity index is 313. The highest BCUT2D eigenvalue weighted by molar-refractivity contribution is 5.43. The number of phenols is 1. The average molecular weight is 191 g/mol. The van der Waals surface area contributed by atoms with E-state index in [2.05, 4.69) is 26.8 Å². The highest BCUT2D eigenvalue weighted by Crippen LogP contribution is 2.35. The minimum atomic E-state index is 0.0335. The lowest BCUT2D eigenvalue weighted by Gasteiger charge is -2.25. The van der Waals surface area contributed by atoms with Gasteiger partial charge in [0, 0.05) is 5.56 Å². The third-order valence-corrected chi connectivity index (χ3v) is 3.04. The number of aromatic hydroxyl groups is 1. The molecule has 1 aromatic rings. The molecule has 14 heavy (non-hydrogen) atoms. The van der Waals surface area contributed by atoms with Gasteiger partial charge in [0.1, 0.15) is 5.75 Å². The Morgan fingerprint density at radius 3 is 2.43 bits per heavy atom. The minimum Gasteiger partial charge on any atom is -0.507 e. The van der Waals surface area contributed by atoms with Gasteiger partial charge < -0.3 is 5.11 Å². The van der Waals surface area contributed by atoms with Gasteiger partial charge in [0.2, 0.25) is 0 Å². The Kier molecular flexibility index (Phi) is 3.20. The van der Waals surface area contributed by atoms with Gasteiger partial charge in [-0.2, -0.15) is 0 Å². The summed E-state index contributed by atoms with van der Waals surface area (Å²) in [5.41, 5.74) is 2.04. The number of hydrogen-bond donors (Lipinski definition) is 1. The fourth-order valence-corrected chi connectivity index (χ4v) is 1.51. The molecular weight excluding hydrogens is 172 g/mol. The van der Waals surface area contributed by atoms with Crippen molar-refractivity contribution < 1.29 is 5.11 Å². The second-order valence-electron chi connectivity index (χ2n) is 4.33. The smallest absolute Gasteiger partial charge is 0.122 e. The first kappa shape index (κ1) is 11.1. The summed E-state index contributed by atoms with van der Waals surface area (Å²) in [6.45, 7) is 8.48. The van der Waals surface area contributed by atoms with E-state index in [-0.39, 0.29) is 5.41 Å². The maximum absolute atomic E-state index is 10.0. The van der Waals surface area contributed by atoms with Gasteiger partial charge in [-0.1, -0.05) is 27.7 Å². The van der Waals surface area contributed by atoms with Gasteiger partial charge in [0.05, 0.1) is 0 Å². The Balaban J connectivity index is 3.22. The molecule has 0 bridgehead atoms. The Hall–Kier alpha value is -0.980. The van der Waals surface area contributed by atoms with E-state index < -0.39 is 0 Å². The van der Waals surface area contributed by atoms with E-state index in [1.165, 1.54) is 0 Å². The van der Waals surface area contributed by atoms with Crippen molar-refractivity contribution >= 4 is 0 Å². The molecule has 0 aliphatic rings. The topological polar surface area (TPSA) is 20.2 Å². The van der Waals surface area contributed by atoms with Crippen LogP contribution in [-0.2, 0) is 11.8 Å². The van der Waals surface area contributed by atoms with Crippen LogP contribution in [0.4, 0.5) is 0 Å². The highest BCUT2D eigenvalue weighted by atomic mass is 16.3. The van der Waals surface area contributed by atoms with E-state index in [9.17, 15) is 5.11 Å². The van der Waals surface area contributed by atoms with Crippen LogP contribution in [0.2, 0.25) is 0 Å². The van der Waals surface area contributed by atoms with Gasteiger partial charge in [0.25, 0.3) is 0 Å². The first-order valence-electron chi connectivity index (χ1n) is 5.25. The molecule has 1 nitrogen and oxygen atoms in total. The van der Waals surface area contributed by atoms with Crippen molar-refractivity contribution in [3.63, 3.8) is 0 Å². The molecule has 0 saturated heterocycles. The van der Waals surface area contributed by atoms with Gasteiger partial charge in [-0.3, -0.25) is 0 Å². The molecule has 0 amide bonds. The van der Waals surface area contributed by atoms with E-state index in [1.807, 2.05) is 19.1 Å². The van der Waals surface area contributed by atoms with Crippen LogP contribution in [-0.4, -0.2) is 5.11 Å². The molecule has 0 unspecified atom stereocenters. The Morgan fingerprint density at radius 1 is 1.29 bits per heavy atom. The maximum atomic E-state index is 10.0. The summed E-state index contributed by atoms with van der Waals surface area (Å²) in [5.74, 6) is 0.457. The quantitative estimate of drug-likeness (QED) is 0.776. The van der Waals surface area contributed by atoms with Crippen molar-refractivity contribution in [1.82, 2.24) is 0 Å². The van der Waals surface area contributed by atoms with Gasteiger partial charge in [0.15, 0.2) is 0 Å². The standard InChI is InChI=1S/C13H19O/c1-5-10-8-7-9-11(12(10)14)13(3,4)6-2/h8-9,14H,5-6H2,1-4H3. The van der Waals surface area contributed by atoms with Gasteiger partial charge >= 0.3 is 0 Å². The van der Waals surface area contributed by atoms with Crippen LogP contribution in [0.25, 0.3) is 0 Å². The largest absolute Gasteiger partial charge is 0.507 e. The summed E-state index contributed by atoms with van der Waals surface area (Å²) in [4.78, 5) is 0. The summed E-state index contributed by atoms with van der Waals surface area (Å²) in [6, 6.07) is 6.87. The Morgan fingerprint density at radius 2 is 1.93 bits per heavy atom. The molecule has 0 aliphatic heterocycles. The summed E-state index contributed by atoms with van der Waals surface area (Å²) in [7, 11) is 0. The van der Waals surface area contributed by atoms with Crippen LogP contribution in [0, 0.1) is 6.07 Å². The van der Waals surface area contributed by atoms with Gasteiger partial charge in [-0.15, -0.1) is 0 Å². The molecule has 0 aromatic heterocycles. The van der Waals surface area contributed by atoms with Crippen LogP contribution >= 0.6 is 0 Å². The molecule has 0 atom stereocenters. The lowest BCUT2D eigenvalue weighted by Crippen LogP contribution is -2.16. The highest BCUT2D eigenvalue weighted by Gasteiger charge is 2.22. The van der Waals surface area contributed by atoms with E-state index in [4.69, 9.17) is 0 Å². The van der Waals surface area contributed by atoms with Crippen molar-refractivity contribution in [2.45, 2.75) is 46.0 Å². The second kappa shape index (κ2) is 4.04. The summed E-state index contributed by atoms with van der Waals surface area (Å²) in [6.07, 6.45) is 1.87. The number of aryl methyl sites for hydroxylation is 1. The lowest BCUT2D eigenvalue weighted by atomic mass is 9.81. The van der Waals surface area contributed by atoms with Crippen LogP contribution in [0.5, 0.6) is 5.75 Å². The molecule has 0 fully saturated rings. The third kappa shape index (κ3) is 1.92. The van der Waals surface area contributed by atoms with Crippen LogP contribution in [0.1, 0.15) is 45.2 Å². The average Bonchev–Trinajstić information content (AvgIpc) is 2.18. The predicted molar refractivity (Wildman–Crippen MR) is 59.6 cm³/mol. The molecule has 0 heterocycles. The van der Waals surface area contributed by atoms with E-state index in [1.54, 1.807) is 0 Å². The molecule has 77 valence electrons. The van der Waals surface area contributed by atoms with Crippen LogP contribution < -0.4 is 0 Å². The van der Waals surface area contributed by atoms with Crippen LogP contribution in [0.15, 0.2) is 12.1 Å². The molecule has 1 heteroatoms. The predicted octanol–water partition coefficient (Wildman–Crippen LogP) is 3.44. The monoisotopic (exact) mass is 191 g/mol. The first-order chi connectivity index (χ1) is 6.53. The molecule has 1 rings (SSSR count). The fraction of sp³-hybridized carbons (Fsp3) is 0.538. The molecule has 1 aromatic carbocycles. The van der Waals surface area contributed by atoms with Gasteiger partial charge in [-0.05, 0) is 42.0 Å².